The van der Waals surface area contributed by atoms with E-state index in [9.17, 15) is 0 Å². The second kappa shape index (κ2) is 7.27. The van der Waals surface area contributed by atoms with Gasteiger partial charge in [0.25, 0.3) is 0 Å². The largest absolute Gasteiger partial charge is 0.310 e. The molecule has 19 heavy (non-hydrogen) atoms. The van der Waals surface area contributed by atoms with Gasteiger partial charge in [-0.3, -0.25) is 4.98 Å². The molecule has 0 saturated carbocycles. The highest BCUT2D eigenvalue weighted by Crippen LogP contribution is 2.25. The number of hydrogen-bond donors (Lipinski definition) is 1. The Morgan fingerprint density at radius 3 is 2.63 bits per heavy atom. The van der Waals surface area contributed by atoms with Crippen molar-refractivity contribution in [2.45, 2.75) is 25.8 Å². The van der Waals surface area contributed by atoms with E-state index in [0.29, 0.717) is 0 Å². The zero-order chi connectivity index (χ0) is 13.5. The van der Waals surface area contributed by atoms with Crippen molar-refractivity contribution in [1.82, 2.24) is 10.3 Å². The van der Waals surface area contributed by atoms with Gasteiger partial charge in [-0.05, 0) is 43.1 Å². The molecule has 3 heteroatoms. The van der Waals surface area contributed by atoms with Crippen LogP contribution in [0.4, 0.5) is 0 Å². The smallest absolute Gasteiger partial charge is 0.0453 e. The van der Waals surface area contributed by atoms with Crippen LogP contribution >= 0.6 is 11.6 Å². The zero-order valence-corrected chi connectivity index (χ0v) is 11.9. The van der Waals surface area contributed by atoms with Crippen molar-refractivity contribution < 1.29 is 0 Å². The summed E-state index contributed by atoms with van der Waals surface area (Å²) in [4.78, 5) is 4.37. The lowest BCUT2D eigenvalue weighted by Crippen LogP contribution is -2.22. The lowest BCUT2D eigenvalue weighted by Gasteiger charge is -2.19. The lowest BCUT2D eigenvalue weighted by atomic mass is 10.0. The first-order valence-corrected chi connectivity index (χ1v) is 7.06. The average molecular weight is 275 g/mol. The molecule has 1 N–H and O–H groups in total. The van der Waals surface area contributed by atoms with Gasteiger partial charge in [-0.1, -0.05) is 42.8 Å². The number of hydrogen-bond acceptors (Lipinski definition) is 2. The molecule has 2 rings (SSSR count). The molecule has 0 aliphatic heterocycles. The topological polar surface area (TPSA) is 24.9 Å². The summed E-state index contributed by atoms with van der Waals surface area (Å²) in [5.41, 5.74) is 2.29. The fourth-order valence-electron chi connectivity index (χ4n) is 2.21. The molecule has 0 radical (unpaired) electrons. The highest BCUT2D eigenvalue weighted by Gasteiger charge is 2.13. The number of aryl methyl sites for hydroxylation is 1. The number of rotatable bonds is 6. The Kier molecular flexibility index (Phi) is 5.37. The molecule has 0 aliphatic carbocycles. The van der Waals surface area contributed by atoms with Crippen LogP contribution in [0.5, 0.6) is 0 Å². The molecule has 0 bridgehead atoms. The molecule has 1 aromatic carbocycles. The van der Waals surface area contributed by atoms with Crippen molar-refractivity contribution in [3.63, 3.8) is 0 Å². The van der Waals surface area contributed by atoms with E-state index in [2.05, 4.69) is 29.4 Å². The Bertz CT molecular complexity index is 499. The molecule has 100 valence electrons. The number of benzene rings is 1. The molecule has 0 aliphatic rings. The van der Waals surface area contributed by atoms with Crippen LogP contribution in [0.2, 0.25) is 5.02 Å². The number of nitrogens with one attached hydrogen (secondary N) is 1. The standard InChI is InChI=1S/C16H19ClN2/c1-2-18-16(14-8-3-4-9-15(14)17)11-10-13-7-5-6-12-19-13/h3-9,12,16,18H,2,10-11H2,1H3. The first-order chi connectivity index (χ1) is 9.31. The average Bonchev–Trinajstić information content (AvgIpc) is 2.45. The van der Waals surface area contributed by atoms with E-state index in [1.807, 2.05) is 36.5 Å². The second-order valence-corrected chi connectivity index (χ2v) is 4.90. The van der Waals surface area contributed by atoms with Crippen LogP contribution in [0.15, 0.2) is 48.7 Å². The third-order valence-corrected chi connectivity index (χ3v) is 3.49. The van der Waals surface area contributed by atoms with Gasteiger partial charge in [0, 0.05) is 23.0 Å². The Balaban J connectivity index is 2.07. The third-order valence-electron chi connectivity index (χ3n) is 3.15. The van der Waals surface area contributed by atoms with Crippen LogP contribution in [-0.4, -0.2) is 11.5 Å². The van der Waals surface area contributed by atoms with E-state index in [1.54, 1.807) is 0 Å². The summed E-state index contributed by atoms with van der Waals surface area (Å²) in [5, 5.41) is 4.33. The van der Waals surface area contributed by atoms with Crippen LogP contribution in [0, 0.1) is 0 Å². The zero-order valence-electron chi connectivity index (χ0n) is 11.1. The van der Waals surface area contributed by atoms with Gasteiger partial charge in [0.2, 0.25) is 0 Å². The van der Waals surface area contributed by atoms with Crippen molar-refractivity contribution in [2.75, 3.05) is 6.54 Å². The normalized spacial score (nSPS) is 12.3. The maximum atomic E-state index is 6.28. The minimum Gasteiger partial charge on any atom is -0.310 e. The fourth-order valence-corrected chi connectivity index (χ4v) is 2.48. The van der Waals surface area contributed by atoms with E-state index in [-0.39, 0.29) is 6.04 Å². The summed E-state index contributed by atoms with van der Waals surface area (Å²) >= 11 is 6.28. The molecule has 0 amide bonds. The molecule has 2 aromatic rings. The monoisotopic (exact) mass is 274 g/mol. The summed E-state index contributed by atoms with van der Waals surface area (Å²) in [6, 6.07) is 14.4. The summed E-state index contributed by atoms with van der Waals surface area (Å²) in [6.07, 6.45) is 3.78. The molecule has 1 aromatic heterocycles. The molecule has 0 spiro atoms. The maximum Gasteiger partial charge on any atom is 0.0453 e. The molecule has 2 nitrogen and oxygen atoms in total. The van der Waals surface area contributed by atoms with Gasteiger partial charge in [-0.25, -0.2) is 0 Å². The lowest BCUT2D eigenvalue weighted by molar-refractivity contribution is 0.513. The van der Waals surface area contributed by atoms with Crippen molar-refractivity contribution in [1.29, 1.82) is 0 Å². The molecule has 0 saturated heterocycles. The van der Waals surface area contributed by atoms with Crippen LogP contribution in [0.25, 0.3) is 0 Å². The summed E-state index contributed by atoms with van der Waals surface area (Å²) < 4.78 is 0. The summed E-state index contributed by atoms with van der Waals surface area (Å²) in [6.45, 7) is 3.04. The molecule has 1 unspecified atom stereocenters. The van der Waals surface area contributed by atoms with Gasteiger partial charge in [0.05, 0.1) is 0 Å². The Hall–Kier alpha value is -1.38. The summed E-state index contributed by atoms with van der Waals surface area (Å²) in [7, 11) is 0. The van der Waals surface area contributed by atoms with Crippen molar-refractivity contribution in [2.24, 2.45) is 0 Å². The van der Waals surface area contributed by atoms with Crippen molar-refractivity contribution in [3.05, 3.63) is 64.9 Å². The van der Waals surface area contributed by atoms with Crippen LogP contribution in [0.3, 0.4) is 0 Å². The van der Waals surface area contributed by atoms with E-state index in [1.165, 1.54) is 5.56 Å². The highest BCUT2D eigenvalue weighted by molar-refractivity contribution is 6.31. The van der Waals surface area contributed by atoms with Gasteiger partial charge < -0.3 is 5.32 Å². The minimum atomic E-state index is 0.278. The Morgan fingerprint density at radius 2 is 1.95 bits per heavy atom. The highest BCUT2D eigenvalue weighted by atomic mass is 35.5. The predicted molar refractivity (Wildman–Crippen MR) is 80.4 cm³/mol. The Labute approximate surface area is 119 Å². The van der Waals surface area contributed by atoms with Crippen molar-refractivity contribution >= 4 is 11.6 Å². The molecule has 1 heterocycles. The van der Waals surface area contributed by atoms with Gasteiger partial charge in [0.15, 0.2) is 0 Å². The number of halogens is 1. The third kappa shape index (κ3) is 4.05. The van der Waals surface area contributed by atoms with Crippen LogP contribution in [-0.2, 0) is 6.42 Å². The van der Waals surface area contributed by atoms with Gasteiger partial charge in [0.1, 0.15) is 0 Å². The quantitative estimate of drug-likeness (QED) is 0.861. The van der Waals surface area contributed by atoms with Gasteiger partial charge in [-0.15, -0.1) is 0 Å². The molecular weight excluding hydrogens is 256 g/mol. The predicted octanol–water partition coefficient (Wildman–Crippen LogP) is 4.02. The number of nitrogens with zero attached hydrogens (tertiary/aromatic N) is 1. The van der Waals surface area contributed by atoms with E-state index >= 15 is 0 Å². The van der Waals surface area contributed by atoms with Gasteiger partial charge in [-0.2, -0.15) is 0 Å². The SMILES string of the molecule is CCNC(CCc1ccccn1)c1ccccc1Cl. The van der Waals surface area contributed by atoms with Crippen LogP contribution in [0.1, 0.15) is 30.6 Å². The maximum absolute atomic E-state index is 6.28. The minimum absolute atomic E-state index is 0.278. The number of pyridine rings is 1. The second-order valence-electron chi connectivity index (χ2n) is 4.49. The van der Waals surface area contributed by atoms with Crippen LogP contribution < -0.4 is 5.32 Å². The molecule has 0 fully saturated rings. The first kappa shape index (κ1) is 14.0. The number of aromatic nitrogens is 1. The van der Waals surface area contributed by atoms with E-state index in [4.69, 9.17) is 11.6 Å². The fraction of sp³-hybridized carbons (Fsp3) is 0.312. The molecular formula is C16H19ClN2. The van der Waals surface area contributed by atoms with Crippen molar-refractivity contribution in [3.8, 4) is 0 Å². The molecule has 1 atom stereocenters. The van der Waals surface area contributed by atoms with E-state index in [0.717, 1.165) is 30.1 Å². The Morgan fingerprint density at radius 1 is 1.16 bits per heavy atom. The first-order valence-electron chi connectivity index (χ1n) is 6.69. The van der Waals surface area contributed by atoms with E-state index < -0.39 is 0 Å². The van der Waals surface area contributed by atoms with Gasteiger partial charge >= 0.3 is 0 Å². The summed E-state index contributed by atoms with van der Waals surface area (Å²) in [5.74, 6) is 0.